The molecule has 0 aliphatic carbocycles. The number of allylic oxidation sites excluding steroid dienone is 1. The van der Waals surface area contributed by atoms with Gasteiger partial charge in [0.15, 0.2) is 0 Å². The number of nitrogens with one attached hydrogen (secondary N) is 1. The first kappa shape index (κ1) is 18.2. The number of hydrogen-bond acceptors (Lipinski definition) is 4. The van der Waals surface area contributed by atoms with Crippen LogP contribution in [0, 0.1) is 13.8 Å². The van der Waals surface area contributed by atoms with Crippen LogP contribution in [0.4, 0.5) is 5.69 Å². The van der Waals surface area contributed by atoms with Crippen molar-refractivity contribution >= 4 is 39.5 Å². The maximum absolute atomic E-state index is 12.5. The van der Waals surface area contributed by atoms with Crippen LogP contribution in [0.25, 0.3) is 17.3 Å². The standard InChI is InChI=1S/C21H16BrN3O3/c1-11-4-3-5-18(12(11)2)25-20(27)16(19(26)24-21(25)28)8-13-10-23-17-7-6-14(22)9-15(13)17/h3-10,27H,1-2H3,(H,24,26,28)/b13-8+. The zero-order valence-corrected chi connectivity index (χ0v) is 16.7. The number of aromatic amines is 1. The molecular formula is C21H16BrN3O3. The third-order valence-corrected chi connectivity index (χ3v) is 5.34. The summed E-state index contributed by atoms with van der Waals surface area (Å²) < 4.78 is 1.99. The van der Waals surface area contributed by atoms with E-state index in [1.165, 1.54) is 6.08 Å². The molecule has 0 spiro atoms. The highest BCUT2D eigenvalue weighted by atomic mass is 79.9. The van der Waals surface area contributed by atoms with Crippen LogP contribution in [-0.4, -0.2) is 20.9 Å². The van der Waals surface area contributed by atoms with E-state index in [-0.39, 0.29) is 5.56 Å². The molecule has 2 aromatic carbocycles. The van der Waals surface area contributed by atoms with Crippen LogP contribution in [-0.2, 0) is 0 Å². The average Bonchev–Trinajstić information content (AvgIpc) is 3.04. The highest BCUT2D eigenvalue weighted by molar-refractivity contribution is 9.10. The van der Waals surface area contributed by atoms with E-state index in [0.29, 0.717) is 11.3 Å². The van der Waals surface area contributed by atoms with Gasteiger partial charge in [-0.1, -0.05) is 28.1 Å². The molecule has 0 radical (unpaired) electrons. The zero-order valence-electron chi connectivity index (χ0n) is 15.2. The van der Waals surface area contributed by atoms with Gasteiger partial charge in [-0.05, 0) is 55.3 Å². The number of aliphatic imine (C=N–C) groups is 1. The Balaban J connectivity index is 1.95. The average molecular weight is 438 g/mol. The topological polar surface area (TPSA) is 87.4 Å². The highest BCUT2D eigenvalue weighted by Crippen LogP contribution is 2.35. The predicted molar refractivity (Wildman–Crippen MR) is 114 cm³/mol. The van der Waals surface area contributed by atoms with Gasteiger partial charge in [-0.2, -0.15) is 0 Å². The van der Waals surface area contributed by atoms with E-state index in [1.54, 1.807) is 18.3 Å². The lowest BCUT2D eigenvalue weighted by Gasteiger charge is -2.14. The van der Waals surface area contributed by atoms with Crippen molar-refractivity contribution in [3.63, 3.8) is 0 Å². The van der Waals surface area contributed by atoms with Gasteiger partial charge >= 0.3 is 5.69 Å². The Hall–Kier alpha value is -3.19. The van der Waals surface area contributed by atoms with Gasteiger partial charge in [0, 0.05) is 21.8 Å². The highest BCUT2D eigenvalue weighted by Gasteiger charge is 2.19. The molecule has 0 amide bonds. The fourth-order valence-corrected chi connectivity index (χ4v) is 3.56. The molecular weight excluding hydrogens is 422 g/mol. The van der Waals surface area contributed by atoms with Gasteiger partial charge < -0.3 is 5.11 Å². The van der Waals surface area contributed by atoms with E-state index in [4.69, 9.17) is 0 Å². The quantitative estimate of drug-likeness (QED) is 0.637. The SMILES string of the molecule is Cc1cccc(-n2c(O)c(/C=C3\C=Nc4ccc(Br)cc43)c(=O)[nH]c2=O)c1C. The molecule has 1 aliphatic rings. The maximum Gasteiger partial charge on any atom is 0.335 e. The molecule has 0 saturated carbocycles. The first-order valence-electron chi connectivity index (χ1n) is 8.57. The number of aryl methyl sites for hydroxylation is 1. The van der Waals surface area contributed by atoms with E-state index in [1.807, 2.05) is 38.1 Å². The van der Waals surface area contributed by atoms with Crippen LogP contribution in [0.15, 0.2) is 55.5 Å². The normalized spacial score (nSPS) is 13.9. The van der Waals surface area contributed by atoms with Crippen molar-refractivity contribution in [2.75, 3.05) is 0 Å². The summed E-state index contributed by atoms with van der Waals surface area (Å²) >= 11 is 3.43. The Bertz CT molecular complexity index is 1300. The lowest BCUT2D eigenvalue weighted by molar-refractivity contribution is 0.429. The van der Waals surface area contributed by atoms with Crippen LogP contribution < -0.4 is 11.2 Å². The number of rotatable bonds is 2. The third kappa shape index (κ3) is 2.93. The lowest BCUT2D eigenvalue weighted by atomic mass is 10.0. The maximum atomic E-state index is 12.5. The number of fused-ring (bicyclic) bond motifs is 1. The minimum Gasteiger partial charge on any atom is -0.494 e. The summed E-state index contributed by atoms with van der Waals surface area (Å²) in [6.07, 6.45) is 3.17. The Morgan fingerprint density at radius 1 is 1.18 bits per heavy atom. The van der Waals surface area contributed by atoms with E-state index >= 15 is 0 Å². The molecule has 2 N–H and O–H groups in total. The van der Waals surface area contributed by atoms with Crippen molar-refractivity contribution in [2.45, 2.75) is 13.8 Å². The van der Waals surface area contributed by atoms with Crippen molar-refractivity contribution < 1.29 is 5.11 Å². The van der Waals surface area contributed by atoms with Gasteiger partial charge in [-0.15, -0.1) is 0 Å². The number of hydrogen-bond donors (Lipinski definition) is 2. The van der Waals surface area contributed by atoms with E-state index in [2.05, 4.69) is 25.9 Å². The molecule has 4 rings (SSSR count). The molecule has 6 nitrogen and oxygen atoms in total. The number of aromatic nitrogens is 2. The van der Waals surface area contributed by atoms with Crippen LogP contribution >= 0.6 is 15.9 Å². The number of aromatic hydroxyl groups is 1. The minimum absolute atomic E-state index is 0.00483. The molecule has 140 valence electrons. The summed E-state index contributed by atoms with van der Waals surface area (Å²) in [6.45, 7) is 3.77. The Morgan fingerprint density at radius 2 is 1.96 bits per heavy atom. The van der Waals surface area contributed by atoms with Crippen molar-refractivity contribution in [3.05, 3.63) is 84.0 Å². The minimum atomic E-state index is -0.693. The fraction of sp³-hybridized carbons (Fsp3) is 0.0952. The molecule has 0 bridgehead atoms. The van der Waals surface area contributed by atoms with E-state index in [9.17, 15) is 14.7 Å². The van der Waals surface area contributed by atoms with Crippen LogP contribution in [0.5, 0.6) is 5.88 Å². The fourth-order valence-electron chi connectivity index (χ4n) is 3.20. The third-order valence-electron chi connectivity index (χ3n) is 4.85. The monoisotopic (exact) mass is 437 g/mol. The summed E-state index contributed by atoms with van der Waals surface area (Å²) in [7, 11) is 0. The molecule has 1 aromatic heterocycles. The Morgan fingerprint density at radius 3 is 2.75 bits per heavy atom. The zero-order chi connectivity index (χ0) is 20.0. The molecule has 2 heterocycles. The van der Waals surface area contributed by atoms with Gasteiger partial charge in [0.05, 0.1) is 11.4 Å². The molecule has 0 atom stereocenters. The van der Waals surface area contributed by atoms with Gasteiger partial charge in [0.2, 0.25) is 5.88 Å². The Kier molecular flexibility index (Phi) is 4.39. The molecule has 0 unspecified atom stereocenters. The van der Waals surface area contributed by atoms with Gasteiger partial charge in [0.25, 0.3) is 5.56 Å². The summed E-state index contributed by atoms with van der Waals surface area (Å²) in [6, 6.07) is 11.1. The molecule has 3 aromatic rings. The summed E-state index contributed by atoms with van der Waals surface area (Å²) in [4.78, 5) is 31.5. The molecule has 7 heteroatoms. The molecule has 1 aliphatic heterocycles. The van der Waals surface area contributed by atoms with E-state index in [0.717, 1.165) is 31.4 Å². The number of H-pyrrole nitrogens is 1. The second-order valence-electron chi connectivity index (χ2n) is 6.57. The van der Waals surface area contributed by atoms with Crippen molar-refractivity contribution in [3.8, 4) is 11.6 Å². The van der Waals surface area contributed by atoms with Crippen LogP contribution in [0.2, 0.25) is 0 Å². The summed E-state index contributed by atoms with van der Waals surface area (Å²) in [5.41, 5.74) is 3.24. The van der Waals surface area contributed by atoms with Crippen LogP contribution in [0.1, 0.15) is 22.3 Å². The van der Waals surface area contributed by atoms with Crippen molar-refractivity contribution in [1.29, 1.82) is 0 Å². The Labute approximate surface area is 168 Å². The summed E-state index contributed by atoms with van der Waals surface area (Å²) in [5, 5.41) is 10.8. The number of nitrogens with zero attached hydrogens (tertiary/aromatic N) is 2. The molecule has 0 saturated heterocycles. The van der Waals surface area contributed by atoms with Gasteiger partial charge in [-0.25, -0.2) is 9.36 Å². The largest absolute Gasteiger partial charge is 0.494 e. The van der Waals surface area contributed by atoms with Gasteiger partial charge in [0.1, 0.15) is 5.56 Å². The predicted octanol–water partition coefficient (Wildman–Crippen LogP) is 3.87. The lowest BCUT2D eigenvalue weighted by Crippen LogP contribution is -2.30. The second-order valence-corrected chi connectivity index (χ2v) is 7.49. The first-order valence-corrected chi connectivity index (χ1v) is 9.36. The smallest absolute Gasteiger partial charge is 0.335 e. The first-order chi connectivity index (χ1) is 13.4. The molecule has 0 fully saturated rings. The number of benzene rings is 2. The van der Waals surface area contributed by atoms with Crippen molar-refractivity contribution in [1.82, 2.24) is 9.55 Å². The molecule has 28 heavy (non-hydrogen) atoms. The summed E-state index contributed by atoms with van der Waals surface area (Å²) in [5.74, 6) is -0.410. The van der Waals surface area contributed by atoms with E-state index < -0.39 is 17.1 Å². The van der Waals surface area contributed by atoms with Gasteiger partial charge in [-0.3, -0.25) is 14.8 Å². The van der Waals surface area contributed by atoms with Crippen molar-refractivity contribution in [2.24, 2.45) is 4.99 Å². The second kappa shape index (κ2) is 6.76. The van der Waals surface area contributed by atoms with Crippen LogP contribution in [0.3, 0.4) is 0 Å². The number of halogens is 1.